The minimum Gasteiger partial charge on any atom is -0.360 e. The van der Waals surface area contributed by atoms with E-state index >= 15 is 0 Å². The number of carbonyl (C=O) groups is 2. The van der Waals surface area contributed by atoms with Gasteiger partial charge in [-0.3, -0.25) is 14.5 Å². The van der Waals surface area contributed by atoms with Crippen molar-refractivity contribution in [1.82, 2.24) is 19.9 Å². The molecule has 4 rings (SSSR count). The Labute approximate surface area is 168 Å². The van der Waals surface area contributed by atoms with E-state index in [1.165, 1.54) is 11.3 Å². The van der Waals surface area contributed by atoms with Crippen molar-refractivity contribution in [3.05, 3.63) is 39.9 Å². The zero-order valence-electron chi connectivity index (χ0n) is 16.2. The summed E-state index contributed by atoms with van der Waals surface area (Å²) in [4.78, 5) is 32.3. The highest BCUT2D eigenvalue weighted by Gasteiger charge is 2.32. The Morgan fingerprint density at radius 3 is 2.50 bits per heavy atom. The molecular weight excluding hydrogens is 376 g/mol. The summed E-state index contributed by atoms with van der Waals surface area (Å²) in [5, 5.41) is 5.85. The Balaban J connectivity index is 1.23. The maximum atomic E-state index is 12.9. The average Bonchev–Trinajstić information content (AvgIpc) is 3.40. The van der Waals surface area contributed by atoms with Crippen molar-refractivity contribution in [2.24, 2.45) is 5.92 Å². The molecule has 2 aromatic rings. The molecule has 0 aromatic carbocycles. The van der Waals surface area contributed by atoms with Crippen LogP contribution in [0.5, 0.6) is 0 Å². The second-order valence-electron chi connectivity index (χ2n) is 7.58. The first-order valence-corrected chi connectivity index (χ1v) is 10.7. The van der Waals surface area contributed by atoms with Crippen LogP contribution in [-0.4, -0.2) is 70.9 Å². The summed E-state index contributed by atoms with van der Waals surface area (Å²) in [6.07, 6.45) is 1.51. The number of piperazine rings is 1. The lowest BCUT2D eigenvalue weighted by Crippen LogP contribution is -2.51. The van der Waals surface area contributed by atoms with Gasteiger partial charge in [0.25, 0.3) is 5.91 Å². The van der Waals surface area contributed by atoms with Crippen LogP contribution in [0.3, 0.4) is 0 Å². The molecule has 0 atom stereocenters. The first-order valence-electron chi connectivity index (χ1n) is 9.86. The van der Waals surface area contributed by atoms with Crippen molar-refractivity contribution >= 4 is 23.2 Å². The SMILES string of the molecule is Cc1cc(CN2CCN(C(=O)C3CCN(C(=O)c4cccs4)CC3)CC2)on1. The third-order valence-electron chi connectivity index (χ3n) is 5.60. The quantitative estimate of drug-likeness (QED) is 0.785. The predicted octanol–water partition coefficient (Wildman–Crippen LogP) is 2.24. The van der Waals surface area contributed by atoms with Crippen molar-refractivity contribution < 1.29 is 14.1 Å². The van der Waals surface area contributed by atoms with Gasteiger partial charge < -0.3 is 14.3 Å². The molecule has 2 aromatic heterocycles. The summed E-state index contributed by atoms with van der Waals surface area (Å²) in [6.45, 7) is 7.19. The zero-order chi connectivity index (χ0) is 19.5. The number of rotatable bonds is 4. The minimum atomic E-state index is 0.0378. The second kappa shape index (κ2) is 8.45. The molecule has 0 radical (unpaired) electrons. The molecule has 0 N–H and O–H groups in total. The van der Waals surface area contributed by atoms with E-state index < -0.39 is 0 Å². The maximum absolute atomic E-state index is 12.9. The number of likely N-dealkylation sites (tertiary alicyclic amines) is 1. The lowest BCUT2D eigenvalue weighted by Gasteiger charge is -2.38. The summed E-state index contributed by atoms with van der Waals surface area (Å²) in [5.74, 6) is 1.26. The summed E-state index contributed by atoms with van der Waals surface area (Å²) in [5.41, 5.74) is 0.896. The van der Waals surface area contributed by atoms with Crippen LogP contribution >= 0.6 is 11.3 Å². The molecule has 7 nitrogen and oxygen atoms in total. The van der Waals surface area contributed by atoms with Gasteiger partial charge in [-0.05, 0) is 31.2 Å². The molecule has 0 saturated carbocycles. The highest BCUT2D eigenvalue weighted by molar-refractivity contribution is 7.12. The van der Waals surface area contributed by atoms with Gasteiger partial charge in [-0.2, -0.15) is 0 Å². The fourth-order valence-electron chi connectivity index (χ4n) is 3.98. The number of piperidine rings is 1. The summed E-state index contributed by atoms with van der Waals surface area (Å²) < 4.78 is 5.29. The van der Waals surface area contributed by atoms with Crippen molar-refractivity contribution in [1.29, 1.82) is 0 Å². The van der Waals surface area contributed by atoms with Crippen molar-refractivity contribution in [3.63, 3.8) is 0 Å². The van der Waals surface area contributed by atoms with E-state index in [0.717, 1.165) is 61.9 Å². The highest BCUT2D eigenvalue weighted by Crippen LogP contribution is 2.23. The van der Waals surface area contributed by atoms with Crippen LogP contribution in [0.2, 0.25) is 0 Å². The Morgan fingerprint density at radius 1 is 1.14 bits per heavy atom. The number of hydrogen-bond acceptors (Lipinski definition) is 6. The van der Waals surface area contributed by atoms with E-state index in [-0.39, 0.29) is 17.7 Å². The Hall–Kier alpha value is -2.19. The largest absolute Gasteiger partial charge is 0.360 e. The summed E-state index contributed by atoms with van der Waals surface area (Å²) >= 11 is 1.47. The van der Waals surface area contributed by atoms with Gasteiger partial charge in [0, 0.05) is 51.3 Å². The fraction of sp³-hybridized carbons (Fsp3) is 0.550. The topological polar surface area (TPSA) is 69.9 Å². The van der Waals surface area contributed by atoms with Crippen LogP contribution in [0.1, 0.15) is 34.0 Å². The molecule has 4 heterocycles. The van der Waals surface area contributed by atoms with Gasteiger partial charge in [0.05, 0.1) is 17.1 Å². The lowest BCUT2D eigenvalue weighted by atomic mass is 9.95. The second-order valence-corrected chi connectivity index (χ2v) is 8.53. The van der Waals surface area contributed by atoms with E-state index in [0.29, 0.717) is 13.1 Å². The monoisotopic (exact) mass is 402 g/mol. The number of carbonyl (C=O) groups excluding carboxylic acids is 2. The smallest absolute Gasteiger partial charge is 0.263 e. The molecule has 2 amide bonds. The molecule has 2 aliphatic heterocycles. The van der Waals surface area contributed by atoms with E-state index in [9.17, 15) is 9.59 Å². The zero-order valence-corrected chi connectivity index (χ0v) is 17.0. The molecule has 0 bridgehead atoms. The molecule has 2 saturated heterocycles. The van der Waals surface area contributed by atoms with Crippen molar-refractivity contribution in [2.75, 3.05) is 39.3 Å². The number of nitrogens with zero attached hydrogens (tertiary/aromatic N) is 4. The van der Waals surface area contributed by atoms with E-state index in [1.807, 2.05) is 40.3 Å². The molecule has 0 spiro atoms. The van der Waals surface area contributed by atoms with E-state index in [2.05, 4.69) is 10.1 Å². The van der Waals surface area contributed by atoms with Crippen molar-refractivity contribution in [3.8, 4) is 0 Å². The highest BCUT2D eigenvalue weighted by atomic mass is 32.1. The predicted molar refractivity (Wildman–Crippen MR) is 106 cm³/mol. The molecule has 2 fully saturated rings. The van der Waals surface area contributed by atoms with Gasteiger partial charge in [0.1, 0.15) is 0 Å². The summed E-state index contributed by atoms with van der Waals surface area (Å²) in [7, 11) is 0. The van der Waals surface area contributed by atoms with Crippen LogP contribution in [-0.2, 0) is 11.3 Å². The number of aryl methyl sites for hydroxylation is 1. The van der Waals surface area contributed by atoms with Crippen LogP contribution in [0.15, 0.2) is 28.1 Å². The van der Waals surface area contributed by atoms with Gasteiger partial charge >= 0.3 is 0 Å². The number of thiophene rings is 1. The third-order valence-corrected chi connectivity index (χ3v) is 6.46. The Morgan fingerprint density at radius 2 is 1.89 bits per heavy atom. The fourth-order valence-corrected chi connectivity index (χ4v) is 4.67. The number of hydrogen-bond donors (Lipinski definition) is 0. The van der Waals surface area contributed by atoms with Crippen LogP contribution < -0.4 is 0 Å². The van der Waals surface area contributed by atoms with Gasteiger partial charge in [-0.1, -0.05) is 11.2 Å². The molecule has 0 aliphatic carbocycles. The van der Waals surface area contributed by atoms with Gasteiger partial charge in [0.15, 0.2) is 5.76 Å². The molecule has 0 unspecified atom stereocenters. The van der Waals surface area contributed by atoms with Gasteiger partial charge in [-0.25, -0.2) is 0 Å². The maximum Gasteiger partial charge on any atom is 0.263 e. The molecule has 8 heteroatoms. The first kappa shape index (κ1) is 19.1. The average molecular weight is 403 g/mol. The molecular formula is C20H26N4O3S. The normalized spacial score (nSPS) is 19.2. The lowest BCUT2D eigenvalue weighted by molar-refractivity contribution is -0.138. The third kappa shape index (κ3) is 4.28. The molecule has 28 heavy (non-hydrogen) atoms. The van der Waals surface area contributed by atoms with Crippen molar-refractivity contribution in [2.45, 2.75) is 26.3 Å². The van der Waals surface area contributed by atoms with Crippen LogP contribution in [0.4, 0.5) is 0 Å². The standard InChI is InChI=1S/C20H26N4O3S/c1-15-13-17(27-21-15)14-22-8-10-24(11-9-22)19(25)16-4-6-23(7-5-16)20(26)18-3-2-12-28-18/h2-3,12-13,16H,4-11,14H2,1H3. The minimum absolute atomic E-state index is 0.0378. The van der Waals surface area contributed by atoms with Crippen LogP contribution in [0.25, 0.3) is 0 Å². The van der Waals surface area contributed by atoms with Crippen LogP contribution in [0, 0.1) is 12.8 Å². The van der Waals surface area contributed by atoms with Gasteiger partial charge in [0.2, 0.25) is 5.91 Å². The first-order chi connectivity index (χ1) is 13.6. The number of aromatic nitrogens is 1. The van der Waals surface area contributed by atoms with E-state index in [1.54, 1.807) is 0 Å². The van der Waals surface area contributed by atoms with Gasteiger partial charge in [-0.15, -0.1) is 11.3 Å². The number of amides is 2. The van der Waals surface area contributed by atoms with E-state index in [4.69, 9.17) is 4.52 Å². The Bertz CT molecular complexity index is 803. The molecule has 2 aliphatic rings. The summed E-state index contributed by atoms with van der Waals surface area (Å²) in [6, 6.07) is 5.73. The molecule has 150 valence electrons. The Kier molecular flexibility index (Phi) is 5.77.